The summed E-state index contributed by atoms with van der Waals surface area (Å²) in [4.78, 5) is 0. The first-order chi connectivity index (χ1) is 8.28. The molecule has 2 aromatic heterocycles. The second-order valence-electron chi connectivity index (χ2n) is 3.79. The third-order valence-corrected chi connectivity index (χ3v) is 2.69. The first kappa shape index (κ1) is 9.92. The Kier molecular flexibility index (Phi) is 2.12. The van der Waals surface area contributed by atoms with Crippen LogP contribution in [0.5, 0.6) is 0 Å². The van der Waals surface area contributed by atoms with Gasteiger partial charge in [-0.05, 0) is 24.3 Å². The van der Waals surface area contributed by atoms with E-state index in [1.807, 2.05) is 24.3 Å². The van der Waals surface area contributed by atoms with E-state index in [-0.39, 0.29) is 6.61 Å². The van der Waals surface area contributed by atoms with Crippen LogP contribution in [0.15, 0.2) is 34.7 Å². The molecule has 0 fully saturated rings. The van der Waals surface area contributed by atoms with E-state index < -0.39 is 0 Å². The molecular weight excluding hydrogens is 218 g/mol. The number of aromatic nitrogens is 2. The summed E-state index contributed by atoms with van der Waals surface area (Å²) in [6.07, 6.45) is 0. The van der Waals surface area contributed by atoms with E-state index in [2.05, 4.69) is 10.2 Å². The highest BCUT2D eigenvalue weighted by Crippen LogP contribution is 2.27. The number of nitrogens with zero attached hydrogens (tertiary/aromatic N) is 1. The van der Waals surface area contributed by atoms with Crippen LogP contribution >= 0.6 is 0 Å². The average Bonchev–Trinajstić information content (AvgIpc) is 2.96. The predicted octanol–water partition coefficient (Wildman–Crippen LogP) is 1.90. The van der Waals surface area contributed by atoms with Crippen LogP contribution < -0.4 is 5.73 Å². The molecule has 3 rings (SSSR count). The van der Waals surface area contributed by atoms with Crippen molar-refractivity contribution < 1.29 is 9.52 Å². The summed E-state index contributed by atoms with van der Waals surface area (Å²) in [6, 6.07) is 9.30. The van der Waals surface area contributed by atoms with Gasteiger partial charge in [0.2, 0.25) is 0 Å². The number of aromatic amines is 1. The van der Waals surface area contributed by atoms with E-state index in [1.165, 1.54) is 0 Å². The highest BCUT2D eigenvalue weighted by Gasteiger charge is 2.07. The first-order valence-electron chi connectivity index (χ1n) is 5.21. The molecule has 2 heterocycles. The standard InChI is InChI=1S/C12H11N3O2/c13-12-9-3-1-7(5-10(9)14-15-12)11-4-2-8(6-16)17-11/h1-5,16H,6H2,(H3,13,14,15). The Labute approximate surface area is 96.9 Å². The number of furan rings is 1. The summed E-state index contributed by atoms with van der Waals surface area (Å²) in [5.41, 5.74) is 7.47. The van der Waals surface area contributed by atoms with E-state index in [9.17, 15) is 0 Å². The van der Waals surface area contributed by atoms with Crippen LogP contribution in [0.1, 0.15) is 5.76 Å². The van der Waals surface area contributed by atoms with Gasteiger partial charge in [-0.3, -0.25) is 5.10 Å². The van der Waals surface area contributed by atoms with Crippen molar-refractivity contribution in [2.45, 2.75) is 6.61 Å². The molecule has 0 bridgehead atoms. The number of H-pyrrole nitrogens is 1. The Morgan fingerprint density at radius 2 is 2.18 bits per heavy atom. The van der Waals surface area contributed by atoms with Gasteiger partial charge in [-0.1, -0.05) is 6.07 Å². The zero-order chi connectivity index (χ0) is 11.8. The molecule has 0 aliphatic heterocycles. The molecule has 5 nitrogen and oxygen atoms in total. The zero-order valence-corrected chi connectivity index (χ0v) is 8.97. The number of nitrogen functional groups attached to an aromatic ring is 1. The van der Waals surface area contributed by atoms with Crippen LogP contribution in [0.2, 0.25) is 0 Å². The molecule has 0 unspecified atom stereocenters. The maximum absolute atomic E-state index is 8.95. The summed E-state index contributed by atoms with van der Waals surface area (Å²) in [5, 5.41) is 16.6. The molecule has 5 heteroatoms. The zero-order valence-electron chi connectivity index (χ0n) is 8.97. The SMILES string of the molecule is Nc1n[nH]c2cc(-c3ccc(CO)o3)ccc12. The Hall–Kier alpha value is -2.27. The molecule has 86 valence electrons. The minimum absolute atomic E-state index is 0.0980. The predicted molar refractivity (Wildman–Crippen MR) is 64.1 cm³/mol. The van der Waals surface area contributed by atoms with E-state index in [0.717, 1.165) is 16.5 Å². The lowest BCUT2D eigenvalue weighted by Crippen LogP contribution is -1.83. The number of anilines is 1. The van der Waals surface area contributed by atoms with Crippen molar-refractivity contribution in [2.75, 3.05) is 5.73 Å². The lowest BCUT2D eigenvalue weighted by Gasteiger charge is -1.97. The molecule has 0 atom stereocenters. The number of aliphatic hydroxyl groups is 1. The van der Waals surface area contributed by atoms with E-state index in [4.69, 9.17) is 15.3 Å². The van der Waals surface area contributed by atoms with Crippen molar-refractivity contribution in [3.05, 3.63) is 36.1 Å². The molecular formula is C12H11N3O2. The molecule has 0 amide bonds. The van der Waals surface area contributed by atoms with E-state index in [0.29, 0.717) is 17.3 Å². The molecule has 1 aromatic carbocycles. The van der Waals surface area contributed by atoms with E-state index in [1.54, 1.807) is 6.07 Å². The van der Waals surface area contributed by atoms with Crippen molar-refractivity contribution in [3.63, 3.8) is 0 Å². The monoisotopic (exact) mass is 229 g/mol. The summed E-state index contributed by atoms with van der Waals surface area (Å²) in [7, 11) is 0. The molecule has 0 saturated carbocycles. The Morgan fingerprint density at radius 3 is 2.94 bits per heavy atom. The minimum Gasteiger partial charge on any atom is -0.459 e. The van der Waals surface area contributed by atoms with Crippen LogP contribution in [0, 0.1) is 0 Å². The number of benzene rings is 1. The summed E-state index contributed by atoms with van der Waals surface area (Å²) < 4.78 is 5.46. The van der Waals surface area contributed by atoms with Gasteiger partial charge in [-0.15, -0.1) is 0 Å². The molecule has 0 spiro atoms. The van der Waals surface area contributed by atoms with Crippen LogP contribution in [-0.4, -0.2) is 15.3 Å². The van der Waals surface area contributed by atoms with Gasteiger partial charge in [-0.2, -0.15) is 5.10 Å². The van der Waals surface area contributed by atoms with Crippen LogP contribution in [0.4, 0.5) is 5.82 Å². The van der Waals surface area contributed by atoms with Crippen LogP contribution in [-0.2, 0) is 6.61 Å². The number of aliphatic hydroxyl groups excluding tert-OH is 1. The van der Waals surface area contributed by atoms with Crippen molar-refractivity contribution in [1.29, 1.82) is 0 Å². The third-order valence-electron chi connectivity index (χ3n) is 2.69. The second kappa shape index (κ2) is 3.64. The number of hydrogen-bond acceptors (Lipinski definition) is 4. The highest BCUT2D eigenvalue weighted by molar-refractivity contribution is 5.91. The second-order valence-corrected chi connectivity index (χ2v) is 3.79. The number of hydrogen-bond donors (Lipinski definition) is 3. The van der Waals surface area contributed by atoms with Crippen molar-refractivity contribution >= 4 is 16.7 Å². The summed E-state index contributed by atoms with van der Waals surface area (Å²) >= 11 is 0. The quantitative estimate of drug-likeness (QED) is 0.626. The molecule has 17 heavy (non-hydrogen) atoms. The third kappa shape index (κ3) is 1.57. The highest BCUT2D eigenvalue weighted by atomic mass is 16.4. The van der Waals surface area contributed by atoms with E-state index >= 15 is 0 Å². The number of nitrogens with two attached hydrogens (primary N) is 1. The largest absolute Gasteiger partial charge is 0.459 e. The fourth-order valence-corrected chi connectivity index (χ4v) is 1.81. The topological polar surface area (TPSA) is 88.1 Å². The molecule has 0 saturated heterocycles. The lowest BCUT2D eigenvalue weighted by atomic mass is 10.1. The number of nitrogens with one attached hydrogen (secondary N) is 1. The van der Waals surface area contributed by atoms with Crippen LogP contribution in [0.3, 0.4) is 0 Å². The fraction of sp³-hybridized carbons (Fsp3) is 0.0833. The van der Waals surface area contributed by atoms with Gasteiger partial charge < -0.3 is 15.3 Å². The van der Waals surface area contributed by atoms with Gasteiger partial charge >= 0.3 is 0 Å². The van der Waals surface area contributed by atoms with Crippen LogP contribution in [0.25, 0.3) is 22.2 Å². The Morgan fingerprint density at radius 1 is 1.29 bits per heavy atom. The molecule has 0 aliphatic carbocycles. The lowest BCUT2D eigenvalue weighted by molar-refractivity contribution is 0.248. The van der Waals surface area contributed by atoms with Crippen molar-refractivity contribution in [2.24, 2.45) is 0 Å². The fourth-order valence-electron chi connectivity index (χ4n) is 1.81. The smallest absolute Gasteiger partial charge is 0.153 e. The first-order valence-corrected chi connectivity index (χ1v) is 5.21. The maximum atomic E-state index is 8.95. The summed E-state index contributed by atoms with van der Waals surface area (Å²) in [6.45, 7) is -0.0980. The molecule has 3 aromatic rings. The van der Waals surface area contributed by atoms with Gasteiger partial charge in [0.1, 0.15) is 18.1 Å². The molecule has 0 radical (unpaired) electrons. The van der Waals surface area contributed by atoms with Gasteiger partial charge in [0.25, 0.3) is 0 Å². The molecule has 0 aliphatic rings. The average molecular weight is 229 g/mol. The van der Waals surface area contributed by atoms with Gasteiger partial charge in [0.05, 0.1) is 5.52 Å². The Bertz CT molecular complexity index is 669. The van der Waals surface area contributed by atoms with Crippen molar-refractivity contribution in [3.8, 4) is 11.3 Å². The maximum Gasteiger partial charge on any atom is 0.153 e. The van der Waals surface area contributed by atoms with Gasteiger partial charge in [-0.25, -0.2) is 0 Å². The molecule has 4 N–H and O–H groups in total. The van der Waals surface area contributed by atoms with Gasteiger partial charge in [0, 0.05) is 10.9 Å². The minimum atomic E-state index is -0.0980. The number of rotatable bonds is 2. The summed E-state index contributed by atoms with van der Waals surface area (Å²) in [5.74, 6) is 1.75. The van der Waals surface area contributed by atoms with Crippen molar-refractivity contribution in [1.82, 2.24) is 10.2 Å². The number of fused-ring (bicyclic) bond motifs is 1. The Balaban J connectivity index is 2.11. The normalized spacial score (nSPS) is 11.1. The van der Waals surface area contributed by atoms with Gasteiger partial charge in [0.15, 0.2) is 5.82 Å².